The fraction of sp³-hybridized carbons (Fsp3) is 0.500. The zero-order valence-electron chi connectivity index (χ0n) is 11.4. The van der Waals surface area contributed by atoms with Crippen molar-refractivity contribution in [1.82, 2.24) is 4.57 Å². The second kappa shape index (κ2) is 4.13. The second-order valence-corrected chi connectivity index (χ2v) is 5.84. The Morgan fingerprint density at radius 2 is 1.94 bits per heavy atom. The molecule has 2 aromatic rings. The molecule has 2 N–H and O–H groups in total. The van der Waals surface area contributed by atoms with Gasteiger partial charge in [-0.25, -0.2) is 0 Å². The van der Waals surface area contributed by atoms with Crippen molar-refractivity contribution in [2.24, 2.45) is 12.8 Å². The molecule has 0 unspecified atom stereocenters. The maximum Gasteiger partial charge on any atom is 0.0482 e. The zero-order valence-corrected chi connectivity index (χ0v) is 11.4. The molecule has 0 aliphatic heterocycles. The van der Waals surface area contributed by atoms with Crippen molar-refractivity contribution < 1.29 is 0 Å². The summed E-state index contributed by atoms with van der Waals surface area (Å²) in [5, 5.41) is 1.35. The van der Waals surface area contributed by atoms with Crippen LogP contribution >= 0.6 is 0 Å². The van der Waals surface area contributed by atoms with E-state index in [1.54, 1.807) is 0 Å². The predicted molar refractivity (Wildman–Crippen MR) is 76.9 cm³/mol. The Labute approximate surface area is 109 Å². The number of aryl methyl sites for hydroxylation is 2. The number of rotatable bonds is 2. The summed E-state index contributed by atoms with van der Waals surface area (Å²) in [4.78, 5) is 0. The molecule has 0 amide bonds. The first kappa shape index (κ1) is 11.8. The molecule has 1 fully saturated rings. The standard InChI is InChI=1S/C16H22N2/c1-12-5-6-13-10-15(18(2)14(13)9-12)16(11-17)7-3-4-8-16/h5-6,9-10H,3-4,7-8,11,17H2,1-2H3. The van der Waals surface area contributed by atoms with Crippen molar-refractivity contribution in [1.29, 1.82) is 0 Å². The average molecular weight is 242 g/mol. The average Bonchev–Trinajstić information content (AvgIpc) is 2.96. The summed E-state index contributed by atoms with van der Waals surface area (Å²) in [5.41, 5.74) is 10.4. The van der Waals surface area contributed by atoms with Crippen molar-refractivity contribution in [2.75, 3.05) is 6.54 Å². The van der Waals surface area contributed by atoms with Crippen LogP contribution in [-0.4, -0.2) is 11.1 Å². The Kier molecular flexibility index (Phi) is 2.70. The van der Waals surface area contributed by atoms with E-state index in [9.17, 15) is 0 Å². The quantitative estimate of drug-likeness (QED) is 0.861. The molecule has 0 atom stereocenters. The largest absolute Gasteiger partial charge is 0.347 e. The van der Waals surface area contributed by atoms with Gasteiger partial charge < -0.3 is 10.3 Å². The summed E-state index contributed by atoms with van der Waals surface area (Å²) in [5.74, 6) is 0. The van der Waals surface area contributed by atoms with Gasteiger partial charge in [0.05, 0.1) is 0 Å². The lowest BCUT2D eigenvalue weighted by Gasteiger charge is -2.28. The van der Waals surface area contributed by atoms with E-state index < -0.39 is 0 Å². The first-order valence-corrected chi connectivity index (χ1v) is 6.93. The Morgan fingerprint density at radius 3 is 2.61 bits per heavy atom. The van der Waals surface area contributed by atoms with Crippen molar-refractivity contribution >= 4 is 10.9 Å². The van der Waals surface area contributed by atoms with Crippen LogP contribution < -0.4 is 5.73 Å². The number of fused-ring (bicyclic) bond motifs is 1. The van der Waals surface area contributed by atoms with Crippen molar-refractivity contribution in [2.45, 2.75) is 38.0 Å². The van der Waals surface area contributed by atoms with E-state index in [-0.39, 0.29) is 5.41 Å². The second-order valence-electron chi connectivity index (χ2n) is 5.84. The highest BCUT2D eigenvalue weighted by molar-refractivity contribution is 5.82. The summed E-state index contributed by atoms with van der Waals surface area (Å²) < 4.78 is 2.36. The van der Waals surface area contributed by atoms with E-state index >= 15 is 0 Å². The third-order valence-electron chi connectivity index (χ3n) is 4.70. The van der Waals surface area contributed by atoms with Crippen LogP contribution in [0.15, 0.2) is 24.3 Å². The molecule has 1 aliphatic rings. The molecule has 2 nitrogen and oxygen atoms in total. The highest BCUT2D eigenvalue weighted by Gasteiger charge is 2.36. The lowest BCUT2D eigenvalue weighted by atomic mass is 9.82. The van der Waals surface area contributed by atoms with Crippen molar-refractivity contribution in [3.63, 3.8) is 0 Å². The maximum atomic E-state index is 6.11. The molecule has 3 rings (SSSR count). The van der Waals surface area contributed by atoms with E-state index in [0.717, 1.165) is 6.54 Å². The van der Waals surface area contributed by atoms with Gasteiger partial charge in [0, 0.05) is 30.2 Å². The van der Waals surface area contributed by atoms with E-state index in [4.69, 9.17) is 5.73 Å². The molecule has 18 heavy (non-hydrogen) atoms. The van der Waals surface area contributed by atoms with Crippen LogP contribution in [0, 0.1) is 6.92 Å². The monoisotopic (exact) mass is 242 g/mol. The Hall–Kier alpha value is -1.28. The molecule has 1 saturated carbocycles. The lowest BCUT2D eigenvalue weighted by molar-refractivity contribution is 0.428. The first-order valence-electron chi connectivity index (χ1n) is 6.93. The predicted octanol–water partition coefficient (Wildman–Crippen LogP) is 3.26. The van der Waals surface area contributed by atoms with Gasteiger partial charge in [0.2, 0.25) is 0 Å². The summed E-state index contributed by atoms with van der Waals surface area (Å²) in [6.07, 6.45) is 5.12. The van der Waals surface area contributed by atoms with Crippen LogP contribution in [0.2, 0.25) is 0 Å². The van der Waals surface area contributed by atoms with Crippen molar-refractivity contribution in [3.05, 3.63) is 35.5 Å². The fourth-order valence-electron chi connectivity index (χ4n) is 3.57. The molecule has 2 heteroatoms. The Bertz CT molecular complexity index is 574. The van der Waals surface area contributed by atoms with Gasteiger partial charge in [-0.05, 0) is 42.8 Å². The minimum atomic E-state index is 0.224. The van der Waals surface area contributed by atoms with Gasteiger partial charge in [-0.2, -0.15) is 0 Å². The van der Waals surface area contributed by atoms with Gasteiger partial charge >= 0.3 is 0 Å². The van der Waals surface area contributed by atoms with Gasteiger partial charge in [-0.3, -0.25) is 0 Å². The van der Waals surface area contributed by atoms with Gasteiger partial charge in [0.1, 0.15) is 0 Å². The van der Waals surface area contributed by atoms with E-state index in [1.807, 2.05) is 0 Å². The van der Waals surface area contributed by atoms with Crippen LogP contribution in [0.25, 0.3) is 10.9 Å². The third kappa shape index (κ3) is 1.59. The number of nitrogens with zero attached hydrogens (tertiary/aromatic N) is 1. The summed E-state index contributed by atoms with van der Waals surface area (Å²) in [6.45, 7) is 2.93. The summed E-state index contributed by atoms with van der Waals surface area (Å²) >= 11 is 0. The zero-order chi connectivity index (χ0) is 12.8. The molecule has 0 spiro atoms. The molecule has 1 heterocycles. The maximum absolute atomic E-state index is 6.11. The normalized spacial score (nSPS) is 18.6. The third-order valence-corrected chi connectivity index (χ3v) is 4.70. The lowest BCUT2D eigenvalue weighted by Crippen LogP contribution is -2.33. The smallest absolute Gasteiger partial charge is 0.0482 e. The molecule has 1 aromatic heterocycles. The molecular weight excluding hydrogens is 220 g/mol. The first-order chi connectivity index (χ1) is 8.66. The number of nitrogens with two attached hydrogens (primary N) is 1. The van der Waals surface area contributed by atoms with Gasteiger partial charge in [0.25, 0.3) is 0 Å². The van der Waals surface area contributed by atoms with E-state index in [2.05, 4.69) is 42.8 Å². The van der Waals surface area contributed by atoms with E-state index in [1.165, 1.54) is 47.8 Å². The molecule has 1 aliphatic carbocycles. The fourth-order valence-corrected chi connectivity index (χ4v) is 3.57. The number of hydrogen-bond acceptors (Lipinski definition) is 1. The number of aromatic nitrogens is 1. The highest BCUT2D eigenvalue weighted by Crippen LogP contribution is 2.41. The van der Waals surface area contributed by atoms with Crippen LogP contribution in [0.3, 0.4) is 0 Å². The summed E-state index contributed by atoms with van der Waals surface area (Å²) in [6, 6.07) is 9.05. The molecule has 1 aromatic carbocycles. The minimum Gasteiger partial charge on any atom is -0.347 e. The van der Waals surface area contributed by atoms with Gasteiger partial charge in [-0.15, -0.1) is 0 Å². The molecule has 0 radical (unpaired) electrons. The topological polar surface area (TPSA) is 30.9 Å². The van der Waals surface area contributed by atoms with Crippen molar-refractivity contribution in [3.8, 4) is 0 Å². The molecule has 0 bridgehead atoms. The van der Waals surface area contributed by atoms with Crippen LogP contribution in [0.4, 0.5) is 0 Å². The highest BCUT2D eigenvalue weighted by atomic mass is 15.0. The molecular formula is C16H22N2. The number of benzene rings is 1. The minimum absolute atomic E-state index is 0.224. The van der Waals surface area contributed by atoms with Gasteiger partial charge in [0.15, 0.2) is 0 Å². The van der Waals surface area contributed by atoms with E-state index in [0.29, 0.717) is 0 Å². The summed E-state index contributed by atoms with van der Waals surface area (Å²) in [7, 11) is 2.19. The Balaban J connectivity index is 2.20. The molecule has 96 valence electrons. The molecule has 0 saturated heterocycles. The van der Waals surface area contributed by atoms with Crippen LogP contribution in [0.5, 0.6) is 0 Å². The van der Waals surface area contributed by atoms with Gasteiger partial charge in [-0.1, -0.05) is 25.0 Å². The van der Waals surface area contributed by atoms with Crippen LogP contribution in [-0.2, 0) is 12.5 Å². The number of hydrogen-bond donors (Lipinski definition) is 1. The van der Waals surface area contributed by atoms with Crippen LogP contribution in [0.1, 0.15) is 36.9 Å². The SMILES string of the molecule is Cc1ccc2cc(C3(CN)CCCC3)n(C)c2c1. The Morgan fingerprint density at radius 1 is 1.22 bits per heavy atom.